The van der Waals surface area contributed by atoms with Crippen LogP contribution in [0.2, 0.25) is 0 Å². The van der Waals surface area contributed by atoms with E-state index in [1.807, 2.05) is 16.7 Å². The number of rotatable bonds is 7. The topological polar surface area (TPSA) is 108 Å². The van der Waals surface area contributed by atoms with Gasteiger partial charge in [0.25, 0.3) is 0 Å². The lowest BCUT2D eigenvalue weighted by Crippen LogP contribution is -2.08. The van der Waals surface area contributed by atoms with Crippen LogP contribution in [0.25, 0.3) is 11.2 Å². The van der Waals surface area contributed by atoms with Crippen molar-refractivity contribution in [3.05, 3.63) is 41.7 Å². The molecule has 0 saturated heterocycles. The number of esters is 1. The van der Waals surface area contributed by atoms with Crippen LogP contribution in [-0.4, -0.2) is 39.1 Å². The molecular weight excluding hydrogens is 332 g/mol. The minimum atomic E-state index is -0.354. The number of nitrogens with one attached hydrogen (secondary N) is 1. The van der Waals surface area contributed by atoms with E-state index in [4.69, 9.17) is 10.5 Å². The molecule has 3 N–H and O–H groups in total. The maximum Gasteiger partial charge on any atom is 0.337 e. The first-order valence-corrected chi connectivity index (χ1v) is 8.52. The summed E-state index contributed by atoms with van der Waals surface area (Å²) in [6, 6.07) is 7.23. The van der Waals surface area contributed by atoms with E-state index in [1.54, 1.807) is 18.5 Å². The first-order chi connectivity index (χ1) is 12.6. The van der Waals surface area contributed by atoms with Gasteiger partial charge in [-0.1, -0.05) is 25.5 Å². The van der Waals surface area contributed by atoms with Gasteiger partial charge in [0.05, 0.1) is 25.5 Å². The van der Waals surface area contributed by atoms with E-state index in [2.05, 4.69) is 27.2 Å². The van der Waals surface area contributed by atoms with Crippen molar-refractivity contribution >= 4 is 28.9 Å². The molecule has 0 atom stereocenters. The lowest BCUT2D eigenvalue weighted by atomic mass is 10.1. The zero-order valence-electron chi connectivity index (χ0n) is 14.9. The maximum atomic E-state index is 11.5. The van der Waals surface area contributed by atoms with Crippen molar-refractivity contribution in [2.24, 2.45) is 0 Å². The minimum Gasteiger partial charge on any atom is -0.465 e. The third kappa shape index (κ3) is 3.74. The Morgan fingerprint density at radius 3 is 2.73 bits per heavy atom. The molecule has 0 saturated carbocycles. The first-order valence-electron chi connectivity index (χ1n) is 8.52. The molecule has 3 aromatic rings. The second kappa shape index (κ2) is 7.81. The van der Waals surface area contributed by atoms with Crippen molar-refractivity contribution in [2.75, 3.05) is 24.7 Å². The van der Waals surface area contributed by atoms with Gasteiger partial charge in [0, 0.05) is 6.54 Å². The normalized spacial score (nSPS) is 10.8. The number of ether oxygens (including phenoxy) is 1. The molecule has 0 spiro atoms. The summed E-state index contributed by atoms with van der Waals surface area (Å²) in [6.07, 6.45) is 3.82. The van der Waals surface area contributed by atoms with Crippen LogP contribution in [0.4, 0.5) is 11.8 Å². The molecule has 2 heterocycles. The van der Waals surface area contributed by atoms with E-state index in [-0.39, 0.29) is 5.97 Å². The number of carbonyl (C=O) groups is 1. The van der Waals surface area contributed by atoms with E-state index in [0.717, 1.165) is 24.9 Å². The van der Waals surface area contributed by atoms with Gasteiger partial charge in [-0.25, -0.2) is 9.78 Å². The number of nitrogens with two attached hydrogens (primary N) is 1. The summed E-state index contributed by atoms with van der Waals surface area (Å²) in [7, 11) is 1.37. The van der Waals surface area contributed by atoms with Crippen LogP contribution < -0.4 is 11.1 Å². The van der Waals surface area contributed by atoms with E-state index in [9.17, 15) is 4.79 Å². The lowest BCUT2D eigenvalue weighted by molar-refractivity contribution is 0.0600. The van der Waals surface area contributed by atoms with Crippen molar-refractivity contribution in [1.82, 2.24) is 19.5 Å². The monoisotopic (exact) mass is 354 g/mol. The van der Waals surface area contributed by atoms with Gasteiger partial charge in [0.15, 0.2) is 11.5 Å². The number of aromatic nitrogens is 4. The quantitative estimate of drug-likeness (QED) is 0.495. The smallest absolute Gasteiger partial charge is 0.337 e. The summed E-state index contributed by atoms with van der Waals surface area (Å²) in [5, 5.41) is 3.19. The molecule has 0 unspecified atom stereocenters. The Kier molecular flexibility index (Phi) is 5.31. The van der Waals surface area contributed by atoms with E-state index in [1.165, 1.54) is 7.11 Å². The molecule has 0 fully saturated rings. The van der Waals surface area contributed by atoms with Crippen LogP contribution in [0.5, 0.6) is 0 Å². The molecule has 8 nitrogen and oxygen atoms in total. The Labute approximate surface area is 151 Å². The zero-order valence-corrected chi connectivity index (χ0v) is 14.9. The summed E-state index contributed by atoms with van der Waals surface area (Å²) >= 11 is 0. The predicted molar refractivity (Wildman–Crippen MR) is 100 cm³/mol. The van der Waals surface area contributed by atoms with Crippen molar-refractivity contribution in [1.29, 1.82) is 0 Å². The molecule has 0 aliphatic heterocycles. The Morgan fingerprint density at radius 2 is 2.04 bits per heavy atom. The third-order valence-corrected chi connectivity index (χ3v) is 4.03. The fourth-order valence-corrected chi connectivity index (χ4v) is 2.60. The molecule has 136 valence electrons. The molecule has 0 bridgehead atoms. The fraction of sp³-hybridized carbons (Fsp3) is 0.333. The van der Waals surface area contributed by atoms with Gasteiger partial charge in [0.2, 0.25) is 5.95 Å². The molecule has 0 radical (unpaired) electrons. The Bertz CT molecular complexity index is 904. The summed E-state index contributed by atoms with van der Waals surface area (Å²) in [5.41, 5.74) is 8.80. The third-order valence-electron chi connectivity index (χ3n) is 4.03. The van der Waals surface area contributed by atoms with Crippen LogP contribution in [0.1, 0.15) is 35.7 Å². The van der Waals surface area contributed by atoms with Crippen molar-refractivity contribution in [3.8, 4) is 0 Å². The highest BCUT2D eigenvalue weighted by atomic mass is 16.5. The van der Waals surface area contributed by atoms with Gasteiger partial charge in [-0.2, -0.15) is 9.97 Å². The summed E-state index contributed by atoms with van der Waals surface area (Å²) < 4.78 is 6.62. The lowest BCUT2D eigenvalue weighted by Gasteiger charge is -2.08. The van der Waals surface area contributed by atoms with E-state index in [0.29, 0.717) is 35.0 Å². The minimum absolute atomic E-state index is 0.354. The molecule has 1 aromatic carbocycles. The number of anilines is 2. The van der Waals surface area contributed by atoms with Gasteiger partial charge in [-0.15, -0.1) is 0 Å². The Hall–Kier alpha value is -3.16. The average Bonchev–Trinajstić information content (AvgIpc) is 3.05. The van der Waals surface area contributed by atoms with Gasteiger partial charge in [-0.05, 0) is 24.1 Å². The molecule has 2 aromatic heterocycles. The largest absolute Gasteiger partial charge is 0.465 e. The van der Waals surface area contributed by atoms with Gasteiger partial charge < -0.3 is 20.4 Å². The molecule has 0 aliphatic rings. The number of nitrogens with zero attached hydrogens (tertiary/aromatic N) is 4. The summed E-state index contributed by atoms with van der Waals surface area (Å²) in [5.74, 6) is 0.507. The number of hydrogen-bond acceptors (Lipinski definition) is 7. The molecule has 0 aliphatic carbocycles. The number of nitrogen functional groups attached to an aromatic ring is 1. The van der Waals surface area contributed by atoms with Crippen LogP contribution in [0, 0.1) is 0 Å². The van der Waals surface area contributed by atoms with Gasteiger partial charge in [-0.3, -0.25) is 0 Å². The van der Waals surface area contributed by atoms with Gasteiger partial charge in [0.1, 0.15) is 5.52 Å². The number of unbranched alkanes of at least 4 members (excludes halogenated alkanes) is 1. The van der Waals surface area contributed by atoms with Crippen LogP contribution >= 0.6 is 0 Å². The van der Waals surface area contributed by atoms with Gasteiger partial charge >= 0.3 is 5.97 Å². The van der Waals surface area contributed by atoms with Crippen molar-refractivity contribution in [3.63, 3.8) is 0 Å². The molecular formula is C18H22N6O2. The first kappa shape index (κ1) is 17.7. The maximum absolute atomic E-state index is 11.5. The summed E-state index contributed by atoms with van der Waals surface area (Å²) in [6.45, 7) is 3.48. The molecule has 26 heavy (non-hydrogen) atoms. The van der Waals surface area contributed by atoms with E-state index >= 15 is 0 Å². The number of fused-ring (bicyclic) bond motifs is 1. The van der Waals surface area contributed by atoms with Crippen LogP contribution in [-0.2, 0) is 11.3 Å². The molecule has 0 amide bonds. The standard InChI is InChI=1S/C18H22N6O2/c1-3-4-9-20-18-22-15(19)14-16(23-18)24(11-21-14)10-12-5-7-13(8-6-12)17(25)26-2/h5-8,11H,3-4,9-10H2,1-2H3,(H3,19,20,22,23). The fourth-order valence-electron chi connectivity index (χ4n) is 2.60. The molecule has 3 rings (SSSR count). The number of benzene rings is 1. The highest BCUT2D eigenvalue weighted by Gasteiger charge is 2.12. The predicted octanol–water partition coefficient (Wildman–Crippen LogP) is 2.46. The second-order valence-electron chi connectivity index (χ2n) is 5.95. The number of methoxy groups -OCH3 is 1. The highest BCUT2D eigenvalue weighted by Crippen LogP contribution is 2.19. The van der Waals surface area contributed by atoms with E-state index < -0.39 is 0 Å². The zero-order chi connectivity index (χ0) is 18.5. The van der Waals surface area contributed by atoms with Crippen LogP contribution in [0.15, 0.2) is 30.6 Å². The highest BCUT2D eigenvalue weighted by molar-refractivity contribution is 5.89. The van der Waals surface area contributed by atoms with Crippen molar-refractivity contribution in [2.45, 2.75) is 26.3 Å². The average molecular weight is 354 g/mol. The second-order valence-corrected chi connectivity index (χ2v) is 5.95. The van der Waals surface area contributed by atoms with Crippen molar-refractivity contribution < 1.29 is 9.53 Å². The summed E-state index contributed by atoms with van der Waals surface area (Å²) in [4.78, 5) is 24.7. The SMILES string of the molecule is CCCCNc1nc(N)c2ncn(Cc3ccc(C(=O)OC)cc3)c2n1. The Balaban J connectivity index is 1.84. The Morgan fingerprint density at radius 1 is 1.27 bits per heavy atom. The number of hydrogen-bond donors (Lipinski definition) is 2. The molecule has 8 heteroatoms. The van der Waals surface area contributed by atoms with Crippen LogP contribution in [0.3, 0.4) is 0 Å². The number of carbonyl (C=O) groups excluding carboxylic acids is 1. The number of imidazole rings is 1.